The van der Waals surface area contributed by atoms with Gasteiger partial charge in [-0.1, -0.05) is 29.8 Å². The van der Waals surface area contributed by atoms with Crippen molar-refractivity contribution in [1.82, 2.24) is 0 Å². The Morgan fingerprint density at radius 2 is 2.00 bits per heavy atom. The first-order chi connectivity index (χ1) is 11.6. The molecule has 0 atom stereocenters. The van der Waals surface area contributed by atoms with Crippen molar-refractivity contribution in [2.45, 2.75) is 20.3 Å². The highest BCUT2D eigenvalue weighted by Crippen LogP contribution is 2.29. The fourth-order valence-electron chi connectivity index (χ4n) is 2.48. The molecule has 0 bridgehead atoms. The van der Waals surface area contributed by atoms with Gasteiger partial charge in [-0.25, -0.2) is 0 Å². The molecule has 2 aromatic rings. The van der Waals surface area contributed by atoms with Crippen LogP contribution in [0, 0.1) is 25.2 Å². The van der Waals surface area contributed by atoms with Crippen molar-refractivity contribution in [3.63, 3.8) is 0 Å². The maximum atomic E-state index is 8.96. The van der Waals surface area contributed by atoms with Crippen molar-refractivity contribution in [3.05, 3.63) is 53.6 Å². The van der Waals surface area contributed by atoms with Gasteiger partial charge in [0.05, 0.1) is 25.3 Å². The smallest absolute Gasteiger partial charge is 0.178 e. The van der Waals surface area contributed by atoms with Gasteiger partial charge in [-0.3, -0.25) is 0 Å². The van der Waals surface area contributed by atoms with E-state index in [-0.39, 0.29) is 0 Å². The monoisotopic (exact) mass is 339 g/mol. The maximum absolute atomic E-state index is 8.96. The summed E-state index contributed by atoms with van der Waals surface area (Å²) in [6.45, 7) is 4.59. The molecule has 2 aromatic carbocycles. The number of para-hydroxylation sites is 2. The largest absolute Gasteiger partial charge is 0.495 e. The average molecular weight is 339 g/mol. The molecular weight excluding hydrogens is 318 g/mol. The van der Waals surface area contributed by atoms with Crippen LogP contribution in [0.5, 0.6) is 5.75 Å². The number of rotatable bonds is 5. The van der Waals surface area contributed by atoms with Crippen molar-refractivity contribution in [1.29, 1.82) is 5.26 Å². The summed E-state index contributed by atoms with van der Waals surface area (Å²) in [5, 5.41) is 12.8. The van der Waals surface area contributed by atoms with Gasteiger partial charge in [0.15, 0.2) is 5.11 Å². The molecule has 4 nitrogen and oxygen atoms in total. The second kappa shape index (κ2) is 8.32. The van der Waals surface area contributed by atoms with Gasteiger partial charge < -0.3 is 15.0 Å². The molecule has 0 heterocycles. The highest BCUT2D eigenvalue weighted by atomic mass is 32.1. The minimum atomic E-state index is 0.368. The maximum Gasteiger partial charge on any atom is 0.178 e. The zero-order chi connectivity index (χ0) is 17.5. The van der Waals surface area contributed by atoms with Crippen LogP contribution in [-0.4, -0.2) is 18.8 Å². The van der Waals surface area contributed by atoms with Crippen molar-refractivity contribution < 1.29 is 4.74 Å². The molecule has 5 heteroatoms. The predicted molar refractivity (Wildman–Crippen MR) is 103 cm³/mol. The molecule has 0 aromatic heterocycles. The van der Waals surface area contributed by atoms with Gasteiger partial charge in [0.1, 0.15) is 5.75 Å². The fourth-order valence-corrected chi connectivity index (χ4v) is 2.78. The lowest BCUT2D eigenvalue weighted by Gasteiger charge is -2.27. The number of benzene rings is 2. The topological polar surface area (TPSA) is 48.3 Å². The van der Waals surface area contributed by atoms with Crippen LogP contribution in [0.2, 0.25) is 0 Å². The van der Waals surface area contributed by atoms with Gasteiger partial charge in [-0.05, 0) is 49.8 Å². The minimum absolute atomic E-state index is 0.368. The van der Waals surface area contributed by atoms with Crippen molar-refractivity contribution in [2.24, 2.45) is 0 Å². The Bertz CT molecular complexity index is 767. The summed E-state index contributed by atoms with van der Waals surface area (Å²) >= 11 is 5.60. The van der Waals surface area contributed by atoms with E-state index in [1.165, 1.54) is 5.56 Å². The summed E-state index contributed by atoms with van der Waals surface area (Å²) in [6.07, 6.45) is 0.368. The van der Waals surface area contributed by atoms with Crippen LogP contribution in [0.15, 0.2) is 42.5 Å². The molecule has 0 aliphatic heterocycles. The third-order valence-electron chi connectivity index (χ3n) is 3.69. The number of methoxy groups -OCH3 is 1. The zero-order valence-electron chi connectivity index (χ0n) is 14.2. The minimum Gasteiger partial charge on any atom is -0.495 e. The molecule has 124 valence electrons. The van der Waals surface area contributed by atoms with E-state index in [4.69, 9.17) is 22.2 Å². The van der Waals surface area contributed by atoms with E-state index in [0.29, 0.717) is 18.1 Å². The van der Waals surface area contributed by atoms with Crippen molar-refractivity contribution in [3.8, 4) is 11.8 Å². The van der Waals surface area contributed by atoms with Crippen LogP contribution < -0.4 is 15.0 Å². The summed E-state index contributed by atoms with van der Waals surface area (Å²) in [6, 6.07) is 16.0. The number of hydrogen-bond donors (Lipinski definition) is 1. The lowest BCUT2D eigenvalue weighted by Crippen LogP contribution is -2.36. The molecule has 0 fully saturated rings. The van der Waals surface area contributed by atoms with Crippen molar-refractivity contribution in [2.75, 3.05) is 23.9 Å². The van der Waals surface area contributed by atoms with Gasteiger partial charge in [0.25, 0.3) is 0 Å². The van der Waals surface area contributed by atoms with Gasteiger partial charge in [0, 0.05) is 12.2 Å². The highest BCUT2D eigenvalue weighted by Gasteiger charge is 2.16. The van der Waals surface area contributed by atoms with Crippen LogP contribution in [0.3, 0.4) is 0 Å². The Morgan fingerprint density at radius 3 is 2.67 bits per heavy atom. The molecule has 24 heavy (non-hydrogen) atoms. The zero-order valence-corrected chi connectivity index (χ0v) is 15.0. The Morgan fingerprint density at radius 1 is 1.25 bits per heavy atom. The quantitative estimate of drug-likeness (QED) is 0.817. The summed E-state index contributed by atoms with van der Waals surface area (Å²) in [5.41, 5.74) is 4.13. The molecule has 0 saturated carbocycles. The predicted octanol–water partition coefficient (Wildman–Crippen LogP) is 4.43. The first-order valence-corrected chi connectivity index (χ1v) is 8.13. The molecule has 0 radical (unpaired) electrons. The Balaban J connectivity index is 2.30. The number of anilines is 2. The summed E-state index contributed by atoms with van der Waals surface area (Å²) in [5.74, 6) is 0.722. The van der Waals surface area contributed by atoms with E-state index in [2.05, 4.69) is 24.4 Å². The number of thiocarbonyl (C=S) groups is 1. The van der Waals surface area contributed by atoms with Gasteiger partial charge in [-0.15, -0.1) is 0 Å². The van der Waals surface area contributed by atoms with Gasteiger partial charge >= 0.3 is 0 Å². The fraction of sp³-hybridized carbons (Fsp3) is 0.263. The number of nitrogens with zero attached hydrogens (tertiary/aromatic N) is 2. The molecular formula is C19H21N3OS. The standard InChI is InChI=1S/C19H21N3OS/c1-14-9-10-16(15(2)13-14)21-19(24)22(12-6-11-20)17-7-4-5-8-18(17)23-3/h4-5,7-10,13H,6,12H2,1-3H3,(H,21,24). The van der Waals surface area contributed by atoms with Crippen LogP contribution in [0.25, 0.3) is 0 Å². The lowest BCUT2D eigenvalue weighted by molar-refractivity contribution is 0.415. The molecule has 0 saturated heterocycles. The van der Waals surface area contributed by atoms with E-state index >= 15 is 0 Å². The molecule has 2 rings (SSSR count). The van der Waals surface area contributed by atoms with Crippen LogP contribution >= 0.6 is 12.2 Å². The van der Waals surface area contributed by atoms with Crippen LogP contribution in [-0.2, 0) is 0 Å². The third kappa shape index (κ3) is 4.24. The van der Waals surface area contributed by atoms with Crippen LogP contribution in [0.1, 0.15) is 17.5 Å². The lowest BCUT2D eigenvalue weighted by atomic mass is 10.1. The van der Waals surface area contributed by atoms with E-state index in [1.807, 2.05) is 48.2 Å². The summed E-state index contributed by atoms with van der Waals surface area (Å²) in [7, 11) is 1.63. The van der Waals surface area contributed by atoms with E-state index < -0.39 is 0 Å². The Kier molecular flexibility index (Phi) is 6.16. The average Bonchev–Trinajstić information content (AvgIpc) is 2.58. The van der Waals surface area contributed by atoms with E-state index in [1.54, 1.807) is 7.11 Å². The molecule has 0 aliphatic carbocycles. The molecule has 0 spiro atoms. The van der Waals surface area contributed by atoms with Crippen LogP contribution in [0.4, 0.5) is 11.4 Å². The second-order valence-electron chi connectivity index (χ2n) is 5.48. The number of ether oxygens (including phenoxy) is 1. The molecule has 0 amide bonds. The van der Waals surface area contributed by atoms with E-state index in [9.17, 15) is 0 Å². The molecule has 1 N–H and O–H groups in total. The first-order valence-electron chi connectivity index (χ1n) is 7.72. The van der Waals surface area contributed by atoms with Gasteiger partial charge in [-0.2, -0.15) is 5.26 Å². The van der Waals surface area contributed by atoms with E-state index in [0.717, 1.165) is 22.7 Å². The SMILES string of the molecule is COc1ccccc1N(CCC#N)C(=S)Nc1ccc(C)cc1C. The number of nitrogens with one attached hydrogen (secondary N) is 1. The Hall–Kier alpha value is -2.58. The number of hydrogen-bond acceptors (Lipinski definition) is 3. The highest BCUT2D eigenvalue weighted by molar-refractivity contribution is 7.80. The number of aryl methyl sites for hydroxylation is 2. The number of nitriles is 1. The third-order valence-corrected chi connectivity index (χ3v) is 4.01. The summed E-state index contributed by atoms with van der Waals surface area (Å²) < 4.78 is 5.43. The molecule has 0 aliphatic rings. The van der Waals surface area contributed by atoms with Gasteiger partial charge in [0.2, 0.25) is 0 Å². The summed E-state index contributed by atoms with van der Waals surface area (Å²) in [4.78, 5) is 1.90. The Labute approximate surface area is 148 Å². The normalized spacial score (nSPS) is 9.92. The molecule has 0 unspecified atom stereocenters. The first kappa shape index (κ1) is 17.8. The second-order valence-corrected chi connectivity index (χ2v) is 5.87. The van der Waals surface area contributed by atoms with Crippen molar-refractivity contribution >= 4 is 28.7 Å².